The topological polar surface area (TPSA) is 55.0 Å². The minimum absolute atomic E-state index is 0.370. The molecule has 3 rings (SSSR count). The number of nitrogens with one attached hydrogen (secondary N) is 1. The van der Waals surface area contributed by atoms with E-state index in [-0.39, 0.29) is 0 Å². The van der Waals surface area contributed by atoms with Crippen LogP contribution in [-0.4, -0.2) is 21.3 Å². The molecule has 0 aliphatic heterocycles. The van der Waals surface area contributed by atoms with Crippen LogP contribution in [0.3, 0.4) is 0 Å². The van der Waals surface area contributed by atoms with Gasteiger partial charge in [0.15, 0.2) is 0 Å². The van der Waals surface area contributed by atoms with Crippen molar-refractivity contribution in [2.75, 3.05) is 7.11 Å². The second kappa shape index (κ2) is 5.93. The van der Waals surface area contributed by atoms with Crippen molar-refractivity contribution in [1.29, 1.82) is 0 Å². The number of rotatable bonds is 4. The highest BCUT2D eigenvalue weighted by Gasteiger charge is 2.14. The van der Waals surface area contributed by atoms with Crippen LogP contribution in [0.2, 0.25) is 0 Å². The van der Waals surface area contributed by atoms with E-state index in [9.17, 15) is 4.21 Å². The zero-order chi connectivity index (χ0) is 15.7. The van der Waals surface area contributed by atoms with Crippen molar-refractivity contribution in [3.8, 4) is 5.75 Å². The Morgan fingerprint density at radius 3 is 2.77 bits per heavy atom. The van der Waals surface area contributed by atoms with Crippen molar-refractivity contribution in [1.82, 2.24) is 9.97 Å². The summed E-state index contributed by atoms with van der Waals surface area (Å²) >= 11 is 0. The zero-order valence-electron chi connectivity index (χ0n) is 12.8. The van der Waals surface area contributed by atoms with Crippen LogP contribution >= 0.6 is 0 Å². The number of nitrogens with zero attached hydrogens (tertiary/aromatic N) is 1. The lowest BCUT2D eigenvalue weighted by Gasteiger charge is -2.11. The summed E-state index contributed by atoms with van der Waals surface area (Å²) in [7, 11) is 0.479. The lowest BCUT2D eigenvalue weighted by molar-refractivity contribution is 0.407. The first-order valence-corrected chi connectivity index (χ1v) is 8.37. The summed E-state index contributed by atoms with van der Waals surface area (Å²) in [4.78, 5) is 7.63. The molecule has 1 unspecified atom stereocenters. The van der Waals surface area contributed by atoms with E-state index in [1.807, 2.05) is 44.2 Å². The number of hydrogen-bond donors (Lipinski definition) is 1. The SMILES string of the molecule is COc1c(C)cnc(CS(=O)c2cc3ccccc3[nH]2)c1C. The van der Waals surface area contributed by atoms with Crippen LogP contribution < -0.4 is 4.74 Å². The summed E-state index contributed by atoms with van der Waals surface area (Å²) < 4.78 is 18.0. The first kappa shape index (κ1) is 14.8. The predicted octanol–water partition coefficient (Wildman–Crippen LogP) is 3.50. The van der Waals surface area contributed by atoms with Crippen LogP contribution in [0.25, 0.3) is 10.9 Å². The number of benzene rings is 1. The molecule has 0 fully saturated rings. The zero-order valence-corrected chi connectivity index (χ0v) is 13.7. The number of ether oxygens (including phenoxy) is 1. The highest BCUT2D eigenvalue weighted by molar-refractivity contribution is 7.84. The summed E-state index contributed by atoms with van der Waals surface area (Å²) in [6.45, 7) is 3.91. The average Bonchev–Trinajstić information content (AvgIpc) is 2.95. The van der Waals surface area contributed by atoms with E-state index in [1.54, 1.807) is 13.3 Å². The maximum absolute atomic E-state index is 12.6. The van der Waals surface area contributed by atoms with Gasteiger partial charge >= 0.3 is 0 Å². The molecule has 0 radical (unpaired) electrons. The Morgan fingerprint density at radius 2 is 2.05 bits per heavy atom. The number of aromatic amines is 1. The molecule has 4 nitrogen and oxygen atoms in total. The summed E-state index contributed by atoms with van der Waals surface area (Å²) in [5.41, 5.74) is 3.74. The minimum Gasteiger partial charge on any atom is -0.496 e. The third kappa shape index (κ3) is 2.64. The van der Waals surface area contributed by atoms with Gasteiger partial charge in [-0.25, -0.2) is 0 Å². The number of aryl methyl sites for hydroxylation is 1. The summed E-state index contributed by atoms with van der Waals surface area (Å²) in [5.74, 6) is 1.19. The Hall–Kier alpha value is -2.14. The summed E-state index contributed by atoms with van der Waals surface area (Å²) in [6, 6.07) is 9.85. The molecule has 0 aliphatic rings. The standard InChI is InChI=1S/C17H18N2O2S/c1-11-9-18-15(12(2)17(11)21-3)10-22(20)16-8-13-6-4-5-7-14(13)19-16/h4-9,19H,10H2,1-3H3. The monoisotopic (exact) mass is 314 g/mol. The van der Waals surface area contributed by atoms with Crippen LogP contribution in [-0.2, 0) is 16.6 Å². The molecule has 1 N–H and O–H groups in total. The fourth-order valence-corrected chi connectivity index (χ4v) is 3.77. The van der Waals surface area contributed by atoms with Gasteiger partial charge < -0.3 is 9.72 Å². The van der Waals surface area contributed by atoms with Gasteiger partial charge in [-0.3, -0.25) is 9.19 Å². The Morgan fingerprint density at radius 1 is 1.27 bits per heavy atom. The number of aromatic nitrogens is 2. The third-order valence-electron chi connectivity index (χ3n) is 3.77. The molecule has 2 heterocycles. The quantitative estimate of drug-likeness (QED) is 0.802. The lowest BCUT2D eigenvalue weighted by atomic mass is 10.1. The second-order valence-corrected chi connectivity index (χ2v) is 6.68. The number of pyridine rings is 1. The number of fused-ring (bicyclic) bond motifs is 1. The molecule has 0 spiro atoms. The Balaban J connectivity index is 1.91. The van der Waals surface area contributed by atoms with Crippen LogP contribution in [0, 0.1) is 13.8 Å². The Bertz CT molecular complexity index is 822. The predicted molar refractivity (Wildman–Crippen MR) is 88.7 cm³/mol. The molecule has 0 amide bonds. The molecule has 3 aromatic rings. The van der Waals surface area contributed by atoms with Gasteiger partial charge in [-0.05, 0) is 26.0 Å². The van der Waals surface area contributed by atoms with Crippen molar-refractivity contribution in [2.45, 2.75) is 24.6 Å². The van der Waals surface area contributed by atoms with Crippen molar-refractivity contribution in [2.24, 2.45) is 0 Å². The van der Waals surface area contributed by atoms with Gasteiger partial charge in [-0.1, -0.05) is 18.2 Å². The highest BCUT2D eigenvalue weighted by atomic mass is 32.2. The van der Waals surface area contributed by atoms with Crippen molar-refractivity contribution in [3.63, 3.8) is 0 Å². The van der Waals surface area contributed by atoms with Gasteiger partial charge in [-0.15, -0.1) is 0 Å². The van der Waals surface area contributed by atoms with Crippen LogP contribution in [0.4, 0.5) is 0 Å². The maximum Gasteiger partial charge on any atom is 0.128 e. The summed E-state index contributed by atoms with van der Waals surface area (Å²) in [6.07, 6.45) is 1.77. The molecule has 22 heavy (non-hydrogen) atoms. The second-order valence-electron chi connectivity index (χ2n) is 5.26. The largest absolute Gasteiger partial charge is 0.496 e. The first-order chi connectivity index (χ1) is 10.6. The van der Waals surface area contributed by atoms with Crippen molar-refractivity contribution >= 4 is 21.7 Å². The molecule has 0 bridgehead atoms. The highest BCUT2D eigenvalue weighted by Crippen LogP contribution is 2.26. The lowest BCUT2D eigenvalue weighted by Crippen LogP contribution is -2.04. The van der Waals surface area contributed by atoms with E-state index in [0.717, 1.165) is 38.5 Å². The van der Waals surface area contributed by atoms with Gasteiger partial charge in [-0.2, -0.15) is 0 Å². The van der Waals surface area contributed by atoms with Crippen LogP contribution in [0.15, 0.2) is 41.6 Å². The molecule has 5 heteroatoms. The van der Waals surface area contributed by atoms with Gasteiger partial charge in [0.1, 0.15) is 10.8 Å². The van der Waals surface area contributed by atoms with Gasteiger partial charge in [0.05, 0.1) is 29.4 Å². The van der Waals surface area contributed by atoms with E-state index >= 15 is 0 Å². The number of methoxy groups -OCH3 is 1. The first-order valence-electron chi connectivity index (χ1n) is 7.05. The minimum atomic E-state index is -1.17. The maximum atomic E-state index is 12.6. The van der Waals surface area contributed by atoms with E-state index < -0.39 is 10.8 Å². The van der Waals surface area contributed by atoms with E-state index in [2.05, 4.69) is 9.97 Å². The van der Waals surface area contributed by atoms with Crippen LogP contribution in [0.1, 0.15) is 16.8 Å². The molecular weight excluding hydrogens is 296 g/mol. The normalized spacial score (nSPS) is 12.5. The molecule has 2 aromatic heterocycles. The third-order valence-corrected chi connectivity index (χ3v) is 5.01. The number of hydrogen-bond acceptors (Lipinski definition) is 3. The molecular formula is C17H18N2O2S. The molecule has 1 atom stereocenters. The average molecular weight is 314 g/mol. The van der Waals surface area contributed by atoms with Crippen molar-refractivity contribution < 1.29 is 8.95 Å². The smallest absolute Gasteiger partial charge is 0.128 e. The van der Waals surface area contributed by atoms with Crippen molar-refractivity contribution in [3.05, 3.63) is 53.3 Å². The molecule has 0 aliphatic carbocycles. The molecule has 114 valence electrons. The molecule has 0 saturated carbocycles. The van der Waals surface area contributed by atoms with E-state index in [0.29, 0.717) is 5.75 Å². The fourth-order valence-electron chi connectivity index (χ4n) is 2.59. The van der Waals surface area contributed by atoms with Crippen LogP contribution in [0.5, 0.6) is 5.75 Å². The van der Waals surface area contributed by atoms with E-state index in [1.165, 1.54) is 0 Å². The molecule has 1 aromatic carbocycles. The molecule has 0 saturated heterocycles. The summed E-state index contributed by atoms with van der Waals surface area (Å²) in [5, 5.41) is 1.79. The Labute approximate surface area is 132 Å². The van der Waals surface area contributed by atoms with Gasteiger partial charge in [0.2, 0.25) is 0 Å². The van der Waals surface area contributed by atoms with E-state index in [4.69, 9.17) is 4.74 Å². The number of H-pyrrole nitrogens is 1. The van der Waals surface area contributed by atoms with Gasteiger partial charge in [0.25, 0.3) is 0 Å². The Kier molecular flexibility index (Phi) is 3.98. The number of para-hydroxylation sites is 1. The fraction of sp³-hybridized carbons (Fsp3) is 0.235. The van der Waals surface area contributed by atoms with Gasteiger partial charge in [0, 0.05) is 28.2 Å².